The predicted molar refractivity (Wildman–Crippen MR) is 79.1 cm³/mol. The van der Waals surface area contributed by atoms with Gasteiger partial charge in [0.1, 0.15) is 0 Å². The first-order chi connectivity index (χ1) is 7.15. The van der Waals surface area contributed by atoms with Crippen molar-refractivity contribution in [2.75, 3.05) is 6.54 Å². The van der Waals surface area contributed by atoms with Crippen LogP contribution in [-0.4, -0.2) is 12.5 Å². The molecule has 0 aliphatic carbocycles. The second-order valence-corrected chi connectivity index (χ2v) is 5.64. The van der Waals surface area contributed by atoms with Crippen LogP contribution >= 0.6 is 45.2 Å². The minimum Gasteiger partial charge on any atom is -0.352 e. The van der Waals surface area contributed by atoms with E-state index in [0.717, 1.165) is 32.1 Å². The van der Waals surface area contributed by atoms with Crippen LogP contribution in [0.5, 0.6) is 0 Å². The fourth-order valence-corrected chi connectivity index (χ4v) is 2.22. The fourth-order valence-electron chi connectivity index (χ4n) is 1.15. The minimum atomic E-state index is 0.0337. The van der Waals surface area contributed by atoms with Crippen molar-refractivity contribution in [2.24, 2.45) is 0 Å². The highest BCUT2D eigenvalue weighted by Gasteiger charge is 2.09. The molecule has 0 fully saturated rings. The van der Waals surface area contributed by atoms with Crippen molar-refractivity contribution in [3.63, 3.8) is 0 Å². The number of halogens is 2. The highest BCUT2D eigenvalue weighted by molar-refractivity contribution is 14.1. The molecule has 0 radical (unpaired) electrons. The summed E-state index contributed by atoms with van der Waals surface area (Å²) < 4.78 is 2.09. The van der Waals surface area contributed by atoms with Gasteiger partial charge in [-0.15, -0.1) is 0 Å². The molecule has 15 heavy (non-hydrogen) atoms. The van der Waals surface area contributed by atoms with Gasteiger partial charge in [-0.25, -0.2) is 0 Å². The summed E-state index contributed by atoms with van der Waals surface area (Å²) in [6, 6.07) is 5.89. The molecule has 0 spiro atoms. The first kappa shape index (κ1) is 13.2. The van der Waals surface area contributed by atoms with E-state index in [9.17, 15) is 4.79 Å². The molecule has 1 aromatic rings. The van der Waals surface area contributed by atoms with Gasteiger partial charge in [-0.05, 0) is 69.8 Å². The van der Waals surface area contributed by atoms with E-state index in [1.807, 2.05) is 18.2 Å². The Morgan fingerprint density at radius 1 is 1.40 bits per heavy atom. The lowest BCUT2D eigenvalue weighted by Gasteiger charge is -2.06. The Morgan fingerprint density at radius 2 is 2.13 bits per heavy atom. The summed E-state index contributed by atoms with van der Waals surface area (Å²) in [7, 11) is 0. The predicted octanol–water partition coefficient (Wildman–Crippen LogP) is 3.43. The third-order valence-electron chi connectivity index (χ3n) is 1.99. The number of nitrogens with one attached hydrogen (secondary N) is 1. The van der Waals surface area contributed by atoms with Gasteiger partial charge in [-0.2, -0.15) is 0 Å². The summed E-state index contributed by atoms with van der Waals surface area (Å²) in [5, 5.41) is 2.92. The first-order valence-electron chi connectivity index (χ1n) is 4.88. The van der Waals surface area contributed by atoms with Crippen LogP contribution in [0.1, 0.15) is 30.1 Å². The van der Waals surface area contributed by atoms with E-state index in [0.29, 0.717) is 0 Å². The molecule has 0 saturated carbocycles. The lowest BCUT2D eigenvalue weighted by molar-refractivity contribution is 0.0952. The highest BCUT2D eigenvalue weighted by atomic mass is 127. The van der Waals surface area contributed by atoms with Gasteiger partial charge in [0.05, 0.1) is 5.56 Å². The smallest absolute Gasteiger partial charge is 0.252 e. The van der Waals surface area contributed by atoms with E-state index in [-0.39, 0.29) is 5.91 Å². The second kappa shape index (κ2) is 6.67. The van der Waals surface area contributed by atoms with Gasteiger partial charge < -0.3 is 5.32 Å². The molecule has 1 rings (SSSR count). The maximum absolute atomic E-state index is 11.8. The Bertz CT molecular complexity index is 352. The highest BCUT2D eigenvalue weighted by Crippen LogP contribution is 2.15. The summed E-state index contributed by atoms with van der Waals surface area (Å²) in [6.07, 6.45) is 2.13. The van der Waals surface area contributed by atoms with Crippen LogP contribution < -0.4 is 5.32 Å². The molecule has 1 amide bonds. The molecule has 0 bridgehead atoms. The lowest BCUT2D eigenvalue weighted by Crippen LogP contribution is -2.25. The molecule has 4 heteroatoms. The number of rotatable bonds is 4. The molecular formula is C11H13I2NO. The van der Waals surface area contributed by atoms with Crippen LogP contribution in [0.4, 0.5) is 0 Å². The third kappa shape index (κ3) is 4.26. The van der Waals surface area contributed by atoms with Crippen molar-refractivity contribution in [1.29, 1.82) is 0 Å². The van der Waals surface area contributed by atoms with Crippen molar-refractivity contribution in [3.05, 3.63) is 30.9 Å². The minimum absolute atomic E-state index is 0.0337. The Morgan fingerprint density at radius 3 is 2.80 bits per heavy atom. The van der Waals surface area contributed by atoms with Gasteiger partial charge >= 0.3 is 0 Å². The van der Waals surface area contributed by atoms with Crippen LogP contribution in [0.15, 0.2) is 18.2 Å². The molecule has 1 aromatic carbocycles. The van der Waals surface area contributed by atoms with Crippen molar-refractivity contribution < 1.29 is 4.79 Å². The van der Waals surface area contributed by atoms with Crippen LogP contribution in [0.3, 0.4) is 0 Å². The SMILES string of the molecule is CCCCNC(=O)c1cc(I)ccc1I. The number of carbonyl (C=O) groups is 1. The summed E-state index contributed by atoms with van der Waals surface area (Å²) >= 11 is 4.41. The largest absolute Gasteiger partial charge is 0.352 e. The summed E-state index contributed by atoms with van der Waals surface area (Å²) in [4.78, 5) is 11.8. The molecule has 0 saturated heterocycles. The first-order valence-corrected chi connectivity index (χ1v) is 7.04. The number of unbranched alkanes of at least 4 members (excludes halogenated alkanes) is 1. The van der Waals surface area contributed by atoms with Gasteiger partial charge in [0.25, 0.3) is 5.91 Å². The maximum atomic E-state index is 11.8. The summed E-state index contributed by atoms with van der Waals surface area (Å²) in [5.74, 6) is 0.0337. The second-order valence-electron chi connectivity index (χ2n) is 3.23. The monoisotopic (exact) mass is 429 g/mol. The van der Waals surface area contributed by atoms with E-state index in [4.69, 9.17) is 0 Å². The van der Waals surface area contributed by atoms with Gasteiger partial charge in [0, 0.05) is 13.7 Å². The molecule has 82 valence electrons. The Hall–Kier alpha value is 0.150. The van der Waals surface area contributed by atoms with E-state index in [1.54, 1.807) is 0 Å². The number of carbonyl (C=O) groups excluding carboxylic acids is 1. The molecule has 1 N–H and O–H groups in total. The number of amides is 1. The zero-order valence-corrected chi connectivity index (χ0v) is 12.8. The van der Waals surface area contributed by atoms with Crippen molar-refractivity contribution >= 4 is 51.1 Å². The van der Waals surface area contributed by atoms with Crippen LogP contribution in [-0.2, 0) is 0 Å². The molecule has 0 atom stereocenters. The molecule has 0 aliphatic heterocycles. The number of benzene rings is 1. The van der Waals surface area contributed by atoms with Crippen molar-refractivity contribution in [3.8, 4) is 0 Å². The normalized spacial score (nSPS) is 10.1. The molecule has 0 unspecified atom stereocenters. The quantitative estimate of drug-likeness (QED) is 0.577. The van der Waals surface area contributed by atoms with Gasteiger partial charge in [0.2, 0.25) is 0 Å². The Labute approximate surface area is 117 Å². The zero-order chi connectivity index (χ0) is 11.3. The molecule has 2 nitrogen and oxygen atoms in total. The topological polar surface area (TPSA) is 29.1 Å². The van der Waals surface area contributed by atoms with Crippen LogP contribution in [0, 0.1) is 7.14 Å². The van der Waals surface area contributed by atoms with Crippen molar-refractivity contribution in [1.82, 2.24) is 5.32 Å². The standard InChI is InChI=1S/C11H13I2NO/c1-2-3-6-14-11(15)9-7-8(12)4-5-10(9)13/h4-5,7H,2-3,6H2,1H3,(H,14,15). The van der Waals surface area contributed by atoms with Crippen LogP contribution in [0.25, 0.3) is 0 Å². The summed E-state index contributed by atoms with van der Waals surface area (Å²) in [6.45, 7) is 2.87. The van der Waals surface area contributed by atoms with E-state index in [1.165, 1.54) is 0 Å². The Kier molecular flexibility index (Phi) is 5.88. The average Bonchev–Trinajstić information content (AvgIpc) is 2.22. The molecular weight excluding hydrogens is 416 g/mol. The van der Waals surface area contributed by atoms with Crippen LogP contribution in [0.2, 0.25) is 0 Å². The van der Waals surface area contributed by atoms with Crippen molar-refractivity contribution in [2.45, 2.75) is 19.8 Å². The molecule has 0 aromatic heterocycles. The molecule has 0 aliphatic rings. The van der Waals surface area contributed by atoms with E-state index >= 15 is 0 Å². The van der Waals surface area contributed by atoms with Gasteiger partial charge in [-0.3, -0.25) is 4.79 Å². The third-order valence-corrected chi connectivity index (χ3v) is 3.60. The van der Waals surface area contributed by atoms with Gasteiger partial charge in [-0.1, -0.05) is 13.3 Å². The van der Waals surface area contributed by atoms with E-state index < -0.39 is 0 Å². The average molecular weight is 429 g/mol. The van der Waals surface area contributed by atoms with E-state index in [2.05, 4.69) is 57.4 Å². The fraction of sp³-hybridized carbons (Fsp3) is 0.364. The summed E-state index contributed by atoms with van der Waals surface area (Å²) in [5.41, 5.74) is 0.776. The zero-order valence-electron chi connectivity index (χ0n) is 8.52. The number of hydrogen-bond donors (Lipinski definition) is 1. The lowest BCUT2D eigenvalue weighted by atomic mass is 10.2. The Balaban J connectivity index is 2.68. The number of hydrogen-bond acceptors (Lipinski definition) is 1. The van der Waals surface area contributed by atoms with Gasteiger partial charge in [0.15, 0.2) is 0 Å². The maximum Gasteiger partial charge on any atom is 0.252 e. The molecule has 0 heterocycles.